The topological polar surface area (TPSA) is 74.8 Å². The van der Waals surface area contributed by atoms with Crippen molar-refractivity contribution in [3.63, 3.8) is 0 Å². The van der Waals surface area contributed by atoms with E-state index >= 15 is 0 Å². The highest BCUT2D eigenvalue weighted by atomic mass is 35.5. The van der Waals surface area contributed by atoms with Crippen LogP contribution in [0.2, 0.25) is 20.1 Å². The first-order valence-electron chi connectivity index (χ1n) is 10.5. The highest BCUT2D eigenvalue weighted by Gasteiger charge is 2.61. The average molecular weight is 538 g/mol. The summed E-state index contributed by atoms with van der Waals surface area (Å²) in [6.45, 7) is -0.583. The van der Waals surface area contributed by atoms with E-state index in [9.17, 15) is 19.2 Å². The Labute approximate surface area is 215 Å². The molecule has 0 N–H and O–H groups in total. The van der Waals surface area contributed by atoms with E-state index < -0.39 is 41.9 Å². The van der Waals surface area contributed by atoms with Crippen LogP contribution in [0.15, 0.2) is 48.6 Å². The quantitative estimate of drug-likeness (QED) is 0.293. The molecule has 0 aromatic heterocycles. The summed E-state index contributed by atoms with van der Waals surface area (Å²) < 4.78 is 0. The Kier molecular flexibility index (Phi) is 5.97. The molecule has 2 fully saturated rings. The fourth-order valence-corrected chi connectivity index (χ4v) is 5.88. The van der Waals surface area contributed by atoms with Crippen molar-refractivity contribution in [1.29, 1.82) is 0 Å². The number of Topliss-reactive ketones (excluding diaryl/α,β-unsaturated/α-hetero) is 1. The number of hydrazine groups is 1. The van der Waals surface area contributed by atoms with Crippen LogP contribution in [0.3, 0.4) is 0 Å². The summed E-state index contributed by atoms with van der Waals surface area (Å²) in [7, 11) is 0. The van der Waals surface area contributed by atoms with Crippen LogP contribution < -0.4 is 0 Å². The number of rotatable bonds is 5. The second-order valence-corrected chi connectivity index (χ2v) is 10.2. The first-order valence-corrected chi connectivity index (χ1v) is 12.0. The molecule has 3 amide bonds. The SMILES string of the molecule is O=C(CN(C(=O)c1ccc(Cl)c(Cl)c1)N1C(=O)[C@@H]2[C@@H](C1=O)[C@H]1C=C[C@H]2C1)c1ccc(Cl)cc1Cl. The van der Waals surface area contributed by atoms with Crippen LogP contribution in [-0.2, 0) is 9.59 Å². The Morgan fingerprint density at radius 1 is 0.853 bits per heavy atom. The number of allylic oxidation sites excluding steroid dienone is 2. The van der Waals surface area contributed by atoms with Crippen molar-refractivity contribution in [1.82, 2.24) is 10.0 Å². The molecule has 10 heteroatoms. The first kappa shape index (κ1) is 23.4. The summed E-state index contributed by atoms with van der Waals surface area (Å²) >= 11 is 24.2. The van der Waals surface area contributed by atoms with Gasteiger partial charge in [0.2, 0.25) is 0 Å². The predicted octanol–water partition coefficient (Wildman–Crippen LogP) is 5.35. The van der Waals surface area contributed by atoms with Crippen molar-refractivity contribution in [2.45, 2.75) is 6.42 Å². The van der Waals surface area contributed by atoms with Gasteiger partial charge in [0, 0.05) is 16.1 Å². The van der Waals surface area contributed by atoms with Crippen molar-refractivity contribution in [3.8, 4) is 0 Å². The van der Waals surface area contributed by atoms with E-state index in [1.165, 1.54) is 36.4 Å². The highest BCUT2D eigenvalue weighted by Crippen LogP contribution is 2.52. The molecule has 1 heterocycles. The fourth-order valence-electron chi connectivity index (χ4n) is 5.07. The predicted molar refractivity (Wildman–Crippen MR) is 128 cm³/mol. The molecule has 3 aliphatic rings. The first-order chi connectivity index (χ1) is 16.2. The summed E-state index contributed by atoms with van der Waals surface area (Å²) in [5.74, 6) is -3.47. The van der Waals surface area contributed by atoms with Crippen LogP contribution >= 0.6 is 46.4 Å². The average Bonchev–Trinajstić information content (AvgIpc) is 3.47. The molecule has 1 saturated heterocycles. The standard InChI is InChI=1S/C24H16Cl4N2O4/c25-14-4-5-15(17(27)9-14)19(31)10-29(22(32)13-3-6-16(26)18(28)8-13)30-23(33)20-11-1-2-12(7-11)21(20)24(30)34/h1-6,8-9,11-12,20-21H,7,10H2/t11-,12-,20-,21-/m0/s1. The lowest BCUT2D eigenvalue weighted by Crippen LogP contribution is -2.52. The zero-order valence-electron chi connectivity index (χ0n) is 17.4. The number of benzene rings is 2. The fraction of sp³-hybridized carbons (Fsp3) is 0.250. The van der Waals surface area contributed by atoms with Gasteiger partial charge in [0.1, 0.15) is 6.54 Å². The van der Waals surface area contributed by atoms with E-state index in [0.29, 0.717) is 5.02 Å². The minimum Gasteiger partial charge on any atom is -0.292 e. The lowest BCUT2D eigenvalue weighted by Gasteiger charge is -2.31. The molecule has 174 valence electrons. The Hall–Kier alpha value is -2.38. The van der Waals surface area contributed by atoms with Crippen molar-refractivity contribution >= 4 is 69.9 Å². The third-order valence-electron chi connectivity index (χ3n) is 6.61. The van der Waals surface area contributed by atoms with Gasteiger partial charge in [-0.25, -0.2) is 5.01 Å². The minimum atomic E-state index is -0.737. The van der Waals surface area contributed by atoms with E-state index in [0.717, 1.165) is 16.4 Å². The molecule has 1 aliphatic heterocycles. The molecule has 0 spiro atoms. The maximum Gasteiger partial charge on any atom is 0.273 e. The number of hydrogen-bond acceptors (Lipinski definition) is 4. The number of hydrogen-bond donors (Lipinski definition) is 0. The molecule has 2 bridgehead atoms. The molecule has 0 radical (unpaired) electrons. The summed E-state index contributed by atoms with van der Waals surface area (Å²) in [6, 6.07) is 8.50. The van der Waals surface area contributed by atoms with Gasteiger partial charge in [-0.2, -0.15) is 5.01 Å². The Balaban J connectivity index is 1.52. The molecule has 0 unspecified atom stereocenters. The van der Waals surface area contributed by atoms with Gasteiger partial charge < -0.3 is 0 Å². The maximum absolute atomic E-state index is 13.5. The maximum atomic E-state index is 13.5. The van der Waals surface area contributed by atoms with Crippen LogP contribution in [0.25, 0.3) is 0 Å². The van der Waals surface area contributed by atoms with E-state index in [2.05, 4.69) is 0 Å². The summed E-state index contributed by atoms with van der Waals surface area (Å²) in [5.41, 5.74) is 0.183. The van der Waals surface area contributed by atoms with Crippen molar-refractivity contribution in [2.24, 2.45) is 23.7 Å². The van der Waals surface area contributed by atoms with Gasteiger partial charge in [0.25, 0.3) is 17.7 Å². The van der Waals surface area contributed by atoms with Crippen LogP contribution in [0, 0.1) is 23.7 Å². The smallest absolute Gasteiger partial charge is 0.273 e. The number of imide groups is 1. The second kappa shape index (κ2) is 8.68. The van der Waals surface area contributed by atoms with Crippen molar-refractivity contribution in [3.05, 3.63) is 79.8 Å². The number of fused-ring (bicyclic) bond motifs is 5. The molecule has 5 rings (SSSR count). The van der Waals surface area contributed by atoms with Crippen LogP contribution in [-0.4, -0.2) is 40.1 Å². The normalized spacial score (nSPS) is 24.6. The third kappa shape index (κ3) is 3.73. The van der Waals surface area contributed by atoms with Gasteiger partial charge in [0.05, 0.1) is 26.9 Å². The van der Waals surface area contributed by atoms with Gasteiger partial charge in [-0.1, -0.05) is 58.6 Å². The Morgan fingerprint density at radius 3 is 2.09 bits per heavy atom. The molecule has 4 atom stereocenters. The van der Waals surface area contributed by atoms with Crippen molar-refractivity contribution in [2.75, 3.05) is 6.54 Å². The highest BCUT2D eigenvalue weighted by molar-refractivity contribution is 6.42. The zero-order valence-corrected chi connectivity index (χ0v) is 20.4. The number of halogens is 4. The monoisotopic (exact) mass is 536 g/mol. The van der Waals surface area contributed by atoms with Gasteiger partial charge >= 0.3 is 0 Å². The molecule has 34 heavy (non-hydrogen) atoms. The molecule has 2 aromatic rings. The number of carbonyl (C=O) groups excluding carboxylic acids is 4. The Bertz CT molecular complexity index is 1260. The van der Waals surface area contributed by atoms with Gasteiger partial charge in [0.15, 0.2) is 5.78 Å². The molecule has 2 aliphatic carbocycles. The summed E-state index contributed by atoms with van der Waals surface area (Å²) in [4.78, 5) is 53.5. The Morgan fingerprint density at radius 2 is 1.50 bits per heavy atom. The van der Waals surface area contributed by atoms with Crippen molar-refractivity contribution < 1.29 is 19.2 Å². The summed E-state index contributed by atoms with van der Waals surface area (Å²) in [5, 5.41) is 2.50. The van der Waals surface area contributed by atoms with E-state index in [1.807, 2.05) is 12.2 Å². The number of carbonyl (C=O) groups is 4. The molecule has 1 saturated carbocycles. The molecular formula is C24H16Cl4N2O4. The van der Waals surface area contributed by atoms with Crippen LogP contribution in [0.5, 0.6) is 0 Å². The lowest BCUT2D eigenvalue weighted by molar-refractivity contribution is -0.154. The second-order valence-electron chi connectivity index (χ2n) is 8.53. The van der Waals surface area contributed by atoms with Crippen LogP contribution in [0.1, 0.15) is 27.1 Å². The third-order valence-corrected chi connectivity index (χ3v) is 7.90. The molecular weight excluding hydrogens is 522 g/mol. The zero-order chi connectivity index (χ0) is 24.3. The van der Waals surface area contributed by atoms with E-state index in [-0.39, 0.29) is 38.0 Å². The lowest BCUT2D eigenvalue weighted by atomic mass is 9.85. The largest absolute Gasteiger partial charge is 0.292 e. The van der Waals surface area contributed by atoms with Gasteiger partial charge in [-0.3, -0.25) is 19.2 Å². The number of amides is 3. The number of ketones is 1. The molecule has 6 nitrogen and oxygen atoms in total. The molecule has 2 aromatic carbocycles. The number of nitrogens with zero attached hydrogens (tertiary/aromatic N) is 2. The van der Waals surface area contributed by atoms with E-state index in [1.54, 1.807) is 0 Å². The summed E-state index contributed by atoms with van der Waals surface area (Å²) in [6.07, 6.45) is 4.63. The minimum absolute atomic E-state index is 0.0558. The van der Waals surface area contributed by atoms with E-state index in [4.69, 9.17) is 46.4 Å². The van der Waals surface area contributed by atoms with Crippen LogP contribution in [0.4, 0.5) is 0 Å². The van der Waals surface area contributed by atoms with Gasteiger partial charge in [-0.15, -0.1) is 0 Å². The van der Waals surface area contributed by atoms with Gasteiger partial charge in [-0.05, 0) is 54.7 Å².